The molecule has 1 heterocycles. The summed E-state index contributed by atoms with van der Waals surface area (Å²) < 4.78 is 64.1. The topological polar surface area (TPSA) is 32.5 Å². The van der Waals surface area contributed by atoms with Crippen LogP contribution in [0.1, 0.15) is 0 Å². The molecule has 0 spiro atoms. The molecular formula is C12H14F5N3. The molecule has 0 saturated carbocycles. The molecule has 0 aliphatic carbocycles. The summed E-state index contributed by atoms with van der Waals surface area (Å²) in [6.45, 7) is -0.541. The lowest BCUT2D eigenvalue weighted by atomic mass is 10.2. The second kappa shape index (κ2) is 5.43. The number of nitrogens with two attached hydrogens (primary N) is 1. The molecule has 0 unspecified atom stereocenters. The number of benzene rings is 1. The minimum atomic E-state index is -4.26. The third kappa shape index (κ3) is 3.50. The predicted octanol–water partition coefficient (Wildman–Crippen LogP) is 2.23. The number of piperazine rings is 1. The summed E-state index contributed by atoms with van der Waals surface area (Å²) in [5.74, 6) is -1.60. The Kier molecular flexibility index (Phi) is 4.03. The van der Waals surface area contributed by atoms with Gasteiger partial charge in [-0.3, -0.25) is 4.90 Å². The van der Waals surface area contributed by atoms with Crippen LogP contribution in [0, 0.1) is 11.6 Å². The molecule has 1 aromatic rings. The Balaban J connectivity index is 2.04. The van der Waals surface area contributed by atoms with Gasteiger partial charge in [-0.15, -0.1) is 0 Å². The molecule has 2 N–H and O–H groups in total. The van der Waals surface area contributed by atoms with Crippen LogP contribution in [0.4, 0.5) is 33.3 Å². The van der Waals surface area contributed by atoms with Gasteiger partial charge in [0, 0.05) is 31.9 Å². The van der Waals surface area contributed by atoms with E-state index in [9.17, 15) is 22.0 Å². The maximum Gasteiger partial charge on any atom is 0.401 e. The Morgan fingerprint density at radius 2 is 1.50 bits per heavy atom. The van der Waals surface area contributed by atoms with Gasteiger partial charge in [-0.2, -0.15) is 13.2 Å². The van der Waals surface area contributed by atoms with Gasteiger partial charge in [0.15, 0.2) is 11.6 Å². The highest BCUT2D eigenvalue weighted by Gasteiger charge is 2.32. The van der Waals surface area contributed by atoms with Crippen LogP contribution in [0.5, 0.6) is 0 Å². The average Bonchev–Trinajstić information content (AvgIpc) is 2.28. The summed E-state index contributed by atoms with van der Waals surface area (Å²) in [6, 6.07) is 2.00. The molecule has 1 aromatic carbocycles. The number of hydrogen-bond donors (Lipinski definition) is 1. The van der Waals surface area contributed by atoms with Crippen molar-refractivity contribution in [3.8, 4) is 0 Å². The molecule has 1 aliphatic heterocycles. The van der Waals surface area contributed by atoms with Gasteiger partial charge in [-0.05, 0) is 12.1 Å². The lowest BCUT2D eigenvalue weighted by Gasteiger charge is -2.36. The lowest BCUT2D eigenvalue weighted by molar-refractivity contribution is -0.146. The Morgan fingerprint density at radius 1 is 1.00 bits per heavy atom. The summed E-state index contributed by atoms with van der Waals surface area (Å²) in [5, 5.41) is 0. The van der Waals surface area contributed by atoms with Crippen molar-refractivity contribution in [1.29, 1.82) is 0 Å². The molecule has 0 atom stereocenters. The molecule has 1 fully saturated rings. The molecule has 0 radical (unpaired) electrons. The number of alkyl halides is 3. The zero-order valence-corrected chi connectivity index (χ0v) is 10.6. The van der Waals surface area contributed by atoms with Crippen LogP contribution in [-0.4, -0.2) is 43.8 Å². The van der Waals surface area contributed by atoms with Gasteiger partial charge in [0.25, 0.3) is 0 Å². The van der Waals surface area contributed by atoms with E-state index in [1.807, 2.05) is 0 Å². The second-order valence-electron chi connectivity index (χ2n) is 4.71. The Morgan fingerprint density at radius 3 is 1.95 bits per heavy atom. The van der Waals surface area contributed by atoms with Crippen LogP contribution in [0.25, 0.3) is 0 Å². The lowest BCUT2D eigenvalue weighted by Crippen LogP contribution is -2.49. The molecule has 3 nitrogen and oxygen atoms in total. The van der Waals surface area contributed by atoms with Crippen molar-refractivity contribution in [2.24, 2.45) is 0 Å². The molecule has 2 rings (SSSR count). The van der Waals surface area contributed by atoms with Crippen molar-refractivity contribution in [3.63, 3.8) is 0 Å². The average molecular weight is 295 g/mol. The van der Waals surface area contributed by atoms with Gasteiger partial charge in [-0.1, -0.05) is 0 Å². The van der Waals surface area contributed by atoms with Crippen LogP contribution in [0.2, 0.25) is 0 Å². The highest BCUT2D eigenvalue weighted by Crippen LogP contribution is 2.27. The van der Waals surface area contributed by atoms with E-state index in [1.54, 1.807) is 0 Å². The van der Waals surface area contributed by atoms with Crippen molar-refractivity contribution in [1.82, 2.24) is 4.90 Å². The van der Waals surface area contributed by atoms with Gasteiger partial charge < -0.3 is 10.6 Å². The molecule has 0 amide bonds. The first-order valence-electron chi connectivity index (χ1n) is 6.05. The van der Waals surface area contributed by atoms with Crippen LogP contribution in [0.15, 0.2) is 12.1 Å². The predicted molar refractivity (Wildman–Crippen MR) is 65.5 cm³/mol. The SMILES string of the molecule is Nc1cc(F)c(N2CCN(CC(F)(F)F)CC2)c(F)c1. The summed E-state index contributed by atoms with van der Waals surface area (Å²) in [7, 11) is 0. The number of nitrogen functional groups attached to an aromatic ring is 1. The third-order valence-electron chi connectivity index (χ3n) is 3.13. The fourth-order valence-electron chi connectivity index (χ4n) is 2.27. The van der Waals surface area contributed by atoms with Gasteiger partial charge in [0.2, 0.25) is 0 Å². The van der Waals surface area contributed by atoms with Crippen molar-refractivity contribution in [3.05, 3.63) is 23.8 Å². The number of hydrogen-bond acceptors (Lipinski definition) is 3. The first kappa shape index (κ1) is 14.8. The number of rotatable bonds is 2. The van der Waals surface area contributed by atoms with Gasteiger partial charge >= 0.3 is 6.18 Å². The maximum absolute atomic E-state index is 13.7. The summed E-state index contributed by atoms with van der Waals surface area (Å²) in [5.41, 5.74) is 5.06. The standard InChI is InChI=1S/C12H14F5N3/c13-9-5-8(18)6-10(14)11(9)20-3-1-19(2-4-20)7-12(15,16)17/h5-6H,1-4,7,18H2. The smallest absolute Gasteiger partial charge is 0.399 e. The van der Waals surface area contributed by atoms with Gasteiger partial charge in [-0.25, -0.2) is 8.78 Å². The van der Waals surface area contributed by atoms with Crippen molar-refractivity contribution in [2.45, 2.75) is 6.18 Å². The highest BCUT2D eigenvalue weighted by atomic mass is 19.4. The molecule has 20 heavy (non-hydrogen) atoms. The van der Waals surface area contributed by atoms with Crippen molar-refractivity contribution >= 4 is 11.4 Å². The maximum atomic E-state index is 13.7. The summed E-state index contributed by atoms with van der Waals surface area (Å²) in [4.78, 5) is 2.61. The molecule has 8 heteroatoms. The minimum Gasteiger partial charge on any atom is -0.399 e. The van der Waals surface area contributed by atoms with E-state index < -0.39 is 24.4 Å². The van der Waals surface area contributed by atoms with E-state index in [4.69, 9.17) is 5.73 Å². The second-order valence-corrected chi connectivity index (χ2v) is 4.71. The molecule has 0 bridgehead atoms. The van der Waals surface area contributed by atoms with Gasteiger partial charge in [0.1, 0.15) is 5.69 Å². The van der Waals surface area contributed by atoms with Gasteiger partial charge in [0.05, 0.1) is 6.54 Å². The van der Waals surface area contributed by atoms with Crippen molar-refractivity contribution in [2.75, 3.05) is 43.4 Å². The molecular weight excluding hydrogens is 281 g/mol. The Bertz CT molecular complexity index is 457. The van der Waals surface area contributed by atoms with E-state index in [0.29, 0.717) is 0 Å². The minimum absolute atomic E-state index is 0.0283. The highest BCUT2D eigenvalue weighted by molar-refractivity contribution is 5.56. The number of halogens is 5. The van der Waals surface area contributed by atoms with Crippen LogP contribution < -0.4 is 10.6 Å². The van der Waals surface area contributed by atoms with E-state index in [1.165, 1.54) is 9.80 Å². The number of nitrogens with zero attached hydrogens (tertiary/aromatic N) is 2. The largest absolute Gasteiger partial charge is 0.401 e. The monoisotopic (exact) mass is 295 g/mol. The fraction of sp³-hybridized carbons (Fsp3) is 0.500. The van der Waals surface area contributed by atoms with Crippen LogP contribution in [-0.2, 0) is 0 Å². The quantitative estimate of drug-likeness (QED) is 0.671. The Labute approximate surface area is 112 Å². The third-order valence-corrected chi connectivity index (χ3v) is 3.13. The first-order valence-corrected chi connectivity index (χ1v) is 6.05. The van der Waals surface area contributed by atoms with Crippen LogP contribution in [0.3, 0.4) is 0 Å². The normalized spacial score (nSPS) is 17.6. The van der Waals surface area contributed by atoms with E-state index in [0.717, 1.165) is 12.1 Å². The van der Waals surface area contributed by atoms with E-state index >= 15 is 0 Å². The number of anilines is 2. The molecule has 0 aromatic heterocycles. The molecule has 1 aliphatic rings. The zero-order chi connectivity index (χ0) is 14.9. The fourth-order valence-corrected chi connectivity index (χ4v) is 2.27. The molecule has 112 valence electrons. The van der Waals surface area contributed by atoms with Crippen LogP contribution >= 0.6 is 0 Å². The molecule has 1 saturated heterocycles. The Hall–Kier alpha value is -1.57. The summed E-state index contributed by atoms with van der Waals surface area (Å²) in [6.07, 6.45) is -4.26. The van der Waals surface area contributed by atoms with E-state index in [-0.39, 0.29) is 37.6 Å². The summed E-state index contributed by atoms with van der Waals surface area (Å²) >= 11 is 0. The van der Waals surface area contributed by atoms with Crippen molar-refractivity contribution < 1.29 is 22.0 Å². The first-order chi connectivity index (χ1) is 9.26. The van der Waals surface area contributed by atoms with E-state index in [2.05, 4.69) is 0 Å². The zero-order valence-electron chi connectivity index (χ0n) is 10.6.